The van der Waals surface area contributed by atoms with Crippen molar-refractivity contribution in [2.24, 2.45) is 7.05 Å². The first-order valence-corrected chi connectivity index (χ1v) is 8.04. The fourth-order valence-electron chi connectivity index (χ4n) is 3.36. The number of nitrogens with zero attached hydrogens (tertiary/aromatic N) is 4. The van der Waals surface area contributed by atoms with Crippen molar-refractivity contribution in [3.8, 4) is 11.5 Å². The van der Waals surface area contributed by atoms with Crippen molar-refractivity contribution in [1.82, 2.24) is 19.7 Å². The smallest absolute Gasteiger partial charge is 0.247 e. The number of aryl methyl sites for hydroxylation is 1. The Balaban J connectivity index is 1.52. The summed E-state index contributed by atoms with van der Waals surface area (Å²) in [6.45, 7) is 1.77. The van der Waals surface area contributed by atoms with Crippen LogP contribution in [0.1, 0.15) is 30.5 Å². The maximum atomic E-state index is 5.86. The highest BCUT2D eigenvalue weighted by Crippen LogP contribution is 2.33. The van der Waals surface area contributed by atoms with E-state index in [1.165, 1.54) is 18.5 Å². The lowest BCUT2D eigenvalue weighted by molar-refractivity contribution is 0.218. The summed E-state index contributed by atoms with van der Waals surface area (Å²) < 4.78 is 8.06. The first-order valence-electron chi connectivity index (χ1n) is 8.04. The lowest BCUT2D eigenvalue weighted by atomic mass is 10.1. The minimum Gasteiger partial charge on any atom is -0.419 e. The van der Waals surface area contributed by atoms with E-state index in [9.17, 15) is 0 Å². The average molecular weight is 308 g/mol. The van der Waals surface area contributed by atoms with Crippen LogP contribution in [0.4, 0.5) is 0 Å². The van der Waals surface area contributed by atoms with Gasteiger partial charge >= 0.3 is 0 Å². The first kappa shape index (κ1) is 14.2. The van der Waals surface area contributed by atoms with Gasteiger partial charge in [0.1, 0.15) is 0 Å². The van der Waals surface area contributed by atoms with Gasteiger partial charge in [0.15, 0.2) is 0 Å². The van der Waals surface area contributed by atoms with E-state index < -0.39 is 0 Å². The topological polar surface area (TPSA) is 47.1 Å². The maximum absolute atomic E-state index is 5.86. The molecule has 0 unspecified atom stereocenters. The minimum absolute atomic E-state index is 0.432. The maximum Gasteiger partial charge on any atom is 0.247 e. The molecule has 5 heteroatoms. The van der Waals surface area contributed by atoms with Crippen LogP contribution in [-0.4, -0.2) is 26.2 Å². The summed E-state index contributed by atoms with van der Waals surface area (Å²) in [4.78, 5) is 2.43. The first-order chi connectivity index (χ1) is 11.3. The Labute approximate surface area is 135 Å². The van der Waals surface area contributed by atoms with Crippen LogP contribution >= 0.6 is 0 Å². The van der Waals surface area contributed by atoms with Crippen LogP contribution in [0.15, 0.2) is 53.1 Å². The molecule has 1 atom stereocenters. The molecular weight excluding hydrogens is 288 g/mol. The van der Waals surface area contributed by atoms with E-state index in [2.05, 4.69) is 45.0 Å². The molecule has 5 nitrogen and oxygen atoms in total. The second kappa shape index (κ2) is 6.01. The van der Waals surface area contributed by atoms with E-state index in [4.69, 9.17) is 4.42 Å². The summed E-state index contributed by atoms with van der Waals surface area (Å²) in [7, 11) is 2.10. The van der Waals surface area contributed by atoms with Crippen molar-refractivity contribution in [2.45, 2.75) is 25.4 Å². The molecule has 0 radical (unpaired) electrons. The van der Waals surface area contributed by atoms with Gasteiger partial charge in [0.2, 0.25) is 11.8 Å². The predicted octanol–water partition coefficient (Wildman–Crippen LogP) is 3.41. The van der Waals surface area contributed by atoms with Crippen molar-refractivity contribution in [2.75, 3.05) is 6.54 Å². The van der Waals surface area contributed by atoms with Gasteiger partial charge < -0.3 is 8.98 Å². The molecule has 1 fully saturated rings. The third kappa shape index (κ3) is 2.80. The van der Waals surface area contributed by atoms with Crippen molar-refractivity contribution < 1.29 is 4.42 Å². The molecule has 23 heavy (non-hydrogen) atoms. The van der Waals surface area contributed by atoms with Crippen molar-refractivity contribution >= 4 is 0 Å². The standard InChI is InChI=1S/C18H20N4O/c1-21-11-5-9-15(21)16-10-6-12-22(16)13-17-19-20-18(23-17)14-7-3-2-4-8-14/h2-5,7-9,11,16H,6,10,12-13H2,1H3/t16-/m0/s1. The zero-order valence-electron chi connectivity index (χ0n) is 13.2. The van der Waals surface area contributed by atoms with Gasteiger partial charge in [-0.15, -0.1) is 10.2 Å². The summed E-state index contributed by atoms with van der Waals surface area (Å²) in [6.07, 6.45) is 4.49. The highest BCUT2D eigenvalue weighted by atomic mass is 16.4. The van der Waals surface area contributed by atoms with Gasteiger partial charge in [-0.2, -0.15) is 0 Å². The molecule has 118 valence electrons. The summed E-state index contributed by atoms with van der Waals surface area (Å²) in [5.74, 6) is 1.28. The molecule has 3 aromatic rings. The molecule has 1 aliphatic rings. The van der Waals surface area contributed by atoms with Gasteiger partial charge in [-0.05, 0) is 43.7 Å². The Kier molecular flexibility index (Phi) is 3.71. The lowest BCUT2D eigenvalue weighted by Gasteiger charge is -2.23. The number of hydrogen-bond donors (Lipinski definition) is 0. The molecule has 4 rings (SSSR count). The number of hydrogen-bond acceptors (Lipinski definition) is 4. The van der Waals surface area contributed by atoms with Crippen molar-refractivity contribution in [3.63, 3.8) is 0 Å². The molecule has 0 aliphatic carbocycles. The summed E-state index contributed by atoms with van der Waals surface area (Å²) >= 11 is 0. The molecule has 1 aromatic carbocycles. The normalized spacial score (nSPS) is 18.6. The molecule has 0 N–H and O–H groups in total. The molecule has 3 heterocycles. The monoisotopic (exact) mass is 308 g/mol. The predicted molar refractivity (Wildman–Crippen MR) is 87.5 cm³/mol. The van der Waals surface area contributed by atoms with Crippen molar-refractivity contribution in [1.29, 1.82) is 0 Å². The minimum atomic E-state index is 0.432. The Morgan fingerprint density at radius 2 is 2.00 bits per heavy atom. The van der Waals surface area contributed by atoms with E-state index in [-0.39, 0.29) is 0 Å². The van der Waals surface area contributed by atoms with E-state index in [1.54, 1.807) is 0 Å². The van der Waals surface area contributed by atoms with Crippen molar-refractivity contribution in [3.05, 3.63) is 60.2 Å². The average Bonchev–Trinajstić information content (AvgIpc) is 3.30. The van der Waals surface area contributed by atoms with Gasteiger partial charge in [-0.25, -0.2) is 0 Å². The molecule has 0 amide bonds. The summed E-state index contributed by atoms with van der Waals surface area (Å²) in [5, 5.41) is 8.41. The Morgan fingerprint density at radius 1 is 1.13 bits per heavy atom. The molecule has 2 aromatic heterocycles. The third-order valence-electron chi connectivity index (χ3n) is 4.51. The molecule has 0 bridgehead atoms. The van der Waals surface area contributed by atoms with E-state index >= 15 is 0 Å². The molecular formula is C18H20N4O. The largest absolute Gasteiger partial charge is 0.419 e. The Hall–Kier alpha value is -2.40. The Bertz CT molecular complexity index is 777. The van der Waals surface area contributed by atoms with E-state index in [1.807, 2.05) is 30.3 Å². The van der Waals surface area contributed by atoms with Gasteiger partial charge in [0.05, 0.1) is 12.6 Å². The second-order valence-electron chi connectivity index (χ2n) is 6.04. The fraction of sp³-hybridized carbons (Fsp3) is 0.333. The van der Waals surface area contributed by atoms with E-state index in [0.717, 1.165) is 12.1 Å². The number of likely N-dealkylation sites (tertiary alicyclic amines) is 1. The lowest BCUT2D eigenvalue weighted by Crippen LogP contribution is -2.24. The molecule has 1 saturated heterocycles. The van der Waals surface area contributed by atoms with Gasteiger partial charge in [0, 0.05) is 24.5 Å². The number of rotatable bonds is 4. The van der Waals surface area contributed by atoms with E-state index in [0.29, 0.717) is 24.4 Å². The van der Waals surface area contributed by atoms with Crippen LogP contribution in [0.25, 0.3) is 11.5 Å². The number of benzene rings is 1. The number of aromatic nitrogens is 3. The molecule has 1 aliphatic heterocycles. The zero-order chi connectivity index (χ0) is 15.6. The van der Waals surface area contributed by atoms with Crippen LogP contribution in [0.3, 0.4) is 0 Å². The fourth-order valence-corrected chi connectivity index (χ4v) is 3.36. The SMILES string of the molecule is Cn1cccc1[C@@H]1CCCN1Cc1nnc(-c2ccccc2)o1. The summed E-state index contributed by atoms with van der Waals surface area (Å²) in [6, 6.07) is 14.6. The highest BCUT2D eigenvalue weighted by molar-refractivity contribution is 5.51. The quantitative estimate of drug-likeness (QED) is 0.741. The van der Waals surface area contributed by atoms with Crippen LogP contribution < -0.4 is 0 Å². The van der Waals surface area contributed by atoms with Crippen LogP contribution in [0.2, 0.25) is 0 Å². The van der Waals surface area contributed by atoms with Gasteiger partial charge in [-0.3, -0.25) is 4.90 Å². The molecule has 0 spiro atoms. The third-order valence-corrected chi connectivity index (χ3v) is 4.51. The van der Waals surface area contributed by atoms with Crippen LogP contribution in [0.5, 0.6) is 0 Å². The zero-order valence-corrected chi connectivity index (χ0v) is 13.2. The molecule has 0 saturated carbocycles. The van der Waals surface area contributed by atoms with Gasteiger partial charge in [0.25, 0.3) is 0 Å². The van der Waals surface area contributed by atoms with Gasteiger partial charge in [-0.1, -0.05) is 18.2 Å². The Morgan fingerprint density at radius 3 is 2.78 bits per heavy atom. The summed E-state index contributed by atoms with van der Waals surface area (Å²) in [5.41, 5.74) is 2.32. The van der Waals surface area contributed by atoms with Crippen LogP contribution in [-0.2, 0) is 13.6 Å². The second-order valence-corrected chi connectivity index (χ2v) is 6.04. The van der Waals surface area contributed by atoms with Crippen LogP contribution in [0, 0.1) is 0 Å². The highest BCUT2D eigenvalue weighted by Gasteiger charge is 2.28.